The molecule has 112 valence electrons. The van der Waals surface area contributed by atoms with Crippen molar-refractivity contribution >= 4 is 27.5 Å². The Morgan fingerprint density at radius 1 is 1.40 bits per heavy atom. The van der Waals surface area contributed by atoms with Crippen molar-refractivity contribution in [3.05, 3.63) is 28.2 Å². The maximum Gasteiger partial charge on any atom is 0.416 e. The first-order valence-electron chi connectivity index (χ1n) is 6.03. The first-order chi connectivity index (χ1) is 9.11. The minimum absolute atomic E-state index is 0.0559. The van der Waals surface area contributed by atoms with E-state index in [1.807, 2.05) is 13.8 Å². The number of halogens is 4. The number of benzene rings is 1. The molecule has 0 aliphatic carbocycles. The van der Waals surface area contributed by atoms with E-state index >= 15 is 0 Å². The van der Waals surface area contributed by atoms with Gasteiger partial charge in [0.05, 0.1) is 11.3 Å². The minimum atomic E-state index is -4.45. The molecule has 3 nitrogen and oxygen atoms in total. The van der Waals surface area contributed by atoms with Gasteiger partial charge in [-0.25, -0.2) is 0 Å². The largest absolute Gasteiger partial charge is 0.416 e. The molecule has 0 aliphatic rings. The number of anilines is 1. The molecule has 0 heterocycles. The van der Waals surface area contributed by atoms with Crippen LogP contribution in [0.2, 0.25) is 0 Å². The van der Waals surface area contributed by atoms with E-state index in [4.69, 9.17) is 5.73 Å². The van der Waals surface area contributed by atoms with Crippen LogP contribution in [0.5, 0.6) is 0 Å². The lowest BCUT2D eigenvalue weighted by atomic mass is 10.0. The molecule has 1 rings (SSSR count). The molecule has 1 amide bonds. The Morgan fingerprint density at radius 2 is 2.00 bits per heavy atom. The Hall–Kier alpha value is -1.08. The van der Waals surface area contributed by atoms with Crippen molar-refractivity contribution < 1.29 is 18.0 Å². The normalized spacial score (nSPS) is 13.4. The third-order valence-electron chi connectivity index (χ3n) is 2.85. The van der Waals surface area contributed by atoms with Crippen LogP contribution in [0, 0.1) is 5.92 Å². The Balaban J connectivity index is 2.84. The van der Waals surface area contributed by atoms with Gasteiger partial charge in [0.15, 0.2) is 0 Å². The zero-order valence-electron chi connectivity index (χ0n) is 11.1. The van der Waals surface area contributed by atoms with Crippen LogP contribution >= 0.6 is 15.9 Å². The number of rotatable bonds is 4. The van der Waals surface area contributed by atoms with E-state index in [1.54, 1.807) is 0 Å². The highest BCUT2D eigenvalue weighted by molar-refractivity contribution is 9.10. The van der Waals surface area contributed by atoms with Crippen molar-refractivity contribution in [1.29, 1.82) is 0 Å². The van der Waals surface area contributed by atoms with Crippen LogP contribution in [0.3, 0.4) is 0 Å². The maximum absolute atomic E-state index is 12.6. The highest BCUT2D eigenvalue weighted by atomic mass is 79.9. The Kier molecular flexibility index (Phi) is 5.59. The summed E-state index contributed by atoms with van der Waals surface area (Å²) in [6.07, 6.45) is -4.39. The molecule has 0 radical (unpaired) electrons. The highest BCUT2D eigenvalue weighted by Crippen LogP contribution is 2.34. The van der Waals surface area contributed by atoms with Crippen LogP contribution in [-0.4, -0.2) is 11.9 Å². The third-order valence-corrected chi connectivity index (χ3v) is 3.54. The van der Waals surface area contributed by atoms with Gasteiger partial charge in [0.2, 0.25) is 5.91 Å². The first kappa shape index (κ1) is 17.0. The van der Waals surface area contributed by atoms with Gasteiger partial charge in [0, 0.05) is 16.9 Å². The molecular weight excluding hydrogens is 337 g/mol. The molecule has 1 atom stereocenters. The Morgan fingerprint density at radius 3 is 2.50 bits per heavy atom. The van der Waals surface area contributed by atoms with E-state index in [2.05, 4.69) is 21.2 Å². The standard InChI is InChI=1S/C13H16BrF3N2O/c1-7(2)10(18)6-12(20)19-11-5-8(13(15,16)17)3-4-9(11)14/h3-5,7,10H,6,18H2,1-2H3,(H,19,20). The van der Waals surface area contributed by atoms with Gasteiger partial charge in [-0.1, -0.05) is 13.8 Å². The van der Waals surface area contributed by atoms with Gasteiger partial charge in [-0.15, -0.1) is 0 Å². The summed E-state index contributed by atoms with van der Waals surface area (Å²) in [5.74, 6) is -0.295. The molecule has 0 spiro atoms. The van der Waals surface area contributed by atoms with E-state index in [0.29, 0.717) is 4.47 Å². The van der Waals surface area contributed by atoms with Crippen LogP contribution in [0.1, 0.15) is 25.8 Å². The summed E-state index contributed by atoms with van der Waals surface area (Å²) in [6, 6.07) is 2.75. The third kappa shape index (κ3) is 4.79. The number of carbonyl (C=O) groups is 1. The molecule has 0 aromatic heterocycles. The summed E-state index contributed by atoms with van der Waals surface area (Å²) in [5.41, 5.74) is 5.02. The minimum Gasteiger partial charge on any atom is -0.327 e. The van der Waals surface area contributed by atoms with Crippen molar-refractivity contribution in [2.75, 3.05) is 5.32 Å². The van der Waals surface area contributed by atoms with E-state index in [-0.39, 0.29) is 24.1 Å². The molecule has 0 fully saturated rings. The lowest BCUT2D eigenvalue weighted by Gasteiger charge is -2.16. The second-order valence-corrected chi connectivity index (χ2v) is 5.71. The molecule has 20 heavy (non-hydrogen) atoms. The van der Waals surface area contributed by atoms with Gasteiger partial charge in [0.25, 0.3) is 0 Å². The highest BCUT2D eigenvalue weighted by Gasteiger charge is 2.31. The Labute approximate surface area is 123 Å². The molecule has 7 heteroatoms. The fraction of sp³-hybridized carbons (Fsp3) is 0.462. The van der Waals surface area contributed by atoms with Gasteiger partial charge in [-0.05, 0) is 40.0 Å². The molecule has 1 aromatic rings. The van der Waals surface area contributed by atoms with Crippen molar-refractivity contribution in [2.24, 2.45) is 11.7 Å². The number of hydrogen-bond acceptors (Lipinski definition) is 2. The average molecular weight is 353 g/mol. The van der Waals surface area contributed by atoms with Gasteiger partial charge in [0.1, 0.15) is 0 Å². The fourth-order valence-corrected chi connectivity index (χ4v) is 1.79. The number of nitrogens with two attached hydrogens (primary N) is 1. The Bertz CT molecular complexity index is 489. The van der Waals surface area contributed by atoms with E-state index in [9.17, 15) is 18.0 Å². The molecule has 0 bridgehead atoms. The van der Waals surface area contributed by atoms with Gasteiger partial charge >= 0.3 is 6.18 Å². The van der Waals surface area contributed by atoms with Crippen LogP contribution < -0.4 is 11.1 Å². The van der Waals surface area contributed by atoms with Gasteiger partial charge < -0.3 is 11.1 Å². The molecule has 0 saturated heterocycles. The van der Waals surface area contributed by atoms with E-state index in [0.717, 1.165) is 12.1 Å². The number of carbonyl (C=O) groups excluding carboxylic acids is 1. The monoisotopic (exact) mass is 352 g/mol. The summed E-state index contributed by atoms with van der Waals surface area (Å²) >= 11 is 3.11. The average Bonchev–Trinajstić information content (AvgIpc) is 2.30. The first-order valence-corrected chi connectivity index (χ1v) is 6.82. The fourth-order valence-electron chi connectivity index (χ4n) is 1.45. The summed E-state index contributed by atoms with van der Waals surface area (Å²) in [4.78, 5) is 11.7. The van der Waals surface area contributed by atoms with E-state index in [1.165, 1.54) is 6.07 Å². The number of alkyl halides is 3. The molecular formula is C13H16BrF3N2O. The second-order valence-electron chi connectivity index (χ2n) is 4.85. The lowest BCUT2D eigenvalue weighted by Crippen LogP contribution is -2.31. The molecule has 3 N–H and O–H groups in total. The summed E-state index contributed by atoms with van der Waals surface area (Å²) in [6.45, 7) is 3.75. The number of nitrogens with one attached hydrogen (secondary N) is 1. The molecule has 1 aromatic carbocycles. The summed E-state index contributed by atoms with van der Waals surface area (Å²) in [7, 11) is 0. The summed E-state index contributed by atoms with van der Waals surface area (Å²) in [5, 5.41) is 2.44. The quantitative estimate of drug-likeness (QED) is 0.866. The molecule has 1 unspecified atom stereocenters. The van der Waals surface area contributed by atoms with Crippen molar-refractivity contribution in [1.82, 2.24) is 0 Å². The van der Waals surface area contributed by atoms with Crippen LogP contribution in [-0.2, 0) is 11.0 Å². The SMILES string of the molecule is CC(C)C(N)CC(=O)Nc1cc(C(F)(F)F)ccc1Br. The van der Waals surface area contributed by atoms with Crippen molar-refractivity contribution in [3.8, 4) is 0 Å². The van der Waals surface area contributed by atoms with Gasteiger partial charge in [-0.2, -0.15) is 13.2 Å². The van der Waals surface area contributed by atoms with Crippen molar-refractivity contribution in [3.63, 3.8) is 0 Å². The second kappa shape index (κ2) is 6.58. The lowest BCUT2D eigenvalue weighted by molar-refractivity contribution is -0.137. The predicted octanol–water partition coefficient (Wildman–Crippen LogP) is 3.78. The molecule has 0 saturated carbocycles. The molecule has 0 aliphatic heterocycles. The predicted molar refractivity (Wildman–Crippen MR) is 75.2 cm³/mol. The number of amides is 1. The smallest absolute Gasteiger partial charge is 0.327 e. The van der Waals surface area contributed by atoms with Crippen LogP contribution in [0.25, 0.3) is 0 Å². The maximum atomic E-state index is 12.6. The topological polar surface area (TPSA) is 55.1 Å². The summed E-state index contributed by atoms with van der Waals surface area (Å²) < 4.78 is 38.2. The number of hydrogen-bond donors (Lipinski definition) is 2. The van der Waals surface area contributed by atoms with Gasteiger partial charge in [-0.3, -0.25) is 4.79 Å². The van der Waals surface area contributed by atoms with Crippen LogP contribution in [0.15, 0.2) is 22.7 Å². The van der Waals surface area contributed by atoms with Crippen molar-refractivity contribution in [2.45, 2.75) is 32.5 Å². The zero-order chi connectivity index (χ0) is 15.5. The van der Waals surface area contributed by atoms with E-state index < -0.39 is 17.6 Å². The van der Waals surface area contributed by atoms with Crippen LogP contribution in [0.4, 0.5) is 18.9 Å². The zero-order valence-corrected chi connectivity index (χ0v) is 12.7.